The van der Waals surface area contributed by atoms with Crippen molar-refractivity contribution in [2.24, 2.45) is 0 Å². The molecule has 0 atom stereocenters. The van der Waals surface area contributed by atoms with Crippen LogP contribution in [0.25, 0.3) is 16.9 Å². The van der Waals surface area contributed by atoms with Crippen molar-refractivity contribution in [3.05, 3.63) is 59.4 Å². The minimum atomic E-state index is -0.486. The smallest absolute Gasteiger partial charge is 0.252 e. The highest BCUT2D eigenvalue weighted by Gasteiger charge is 2.34. The number of ketones is 2. The zero-order valence-corrected chi connectivity index (χ0v) is 10.8. The molecule has 0 saturated carbocycles. The maximum atomic E-state index is 12.4. The third-order valence-electron chi connectivity index (χ3n) is 3.69. The molecular formula is C16H10N2O2. The van der Waals surface area contributed by atoms with Crippen LogP contribution in [-0.2, 0) is 0 Å². The zero-order valence-electron chi connectivity index (χ0n) is 10.8. The quantitative estimate of drug-likeness (QED) is 0.585. The fourth-order valence-electron chi connectivity index (χ4n) is 2.77. The Kier molecular flexibility index (Phi) is 2.02. The molecule has 0 amide bonds. The first kappa shape index (κ1) is 11.1. The van der Waals surface area contributed by atoms with E-state index in [2.05, 4.69) is 4.98 Å². The molecule has 0 radical (unpaired) electrons. The SMILES string of the molecule is Cc1cccc2nc3c(n12)C(=O)C(=O)c1ccccc1-3. The van der Waals surface area contributed by atoms with Gasteiger partial charge in [-0.2, -0.15) is 0 Å². The number of benzene rings is 1. The van der Waals surface area contributed by atoms with Crippen molar-refractivity contribution < 1.29 is 9.59 Å². The second-order valence-electron chi connectivity index (χ2n) is 4.87. The van der Waals surface area contributed by atoms with Crippen LogP contribution in [-0.4, -0.2) is 21.0 Å². The van der Waals surface area contributed by atoms with E-state index in [-0.39, 0.29) is 0 Å². The third kappa shape index (κ3) is 1.23. The molecule has 0 fully saturated rings. The summed E-state index contributed by atoms with van der Waals surface area (Å²) in [5.74, 6) is -0.946. The molecule has 20 heavy (non-hydrogen) atoms. The van der Waals surface area contributed by atoms with Crippen molar-refractivity contribution >= 4 is 17.2 Å². The highest BCUT2D eigenvalue weighted by Crippen LogP contribution is 2.33. The molecule has 0 unspecified atom stereocenters. The van der Waals surface area contributed by atoms with Crippen LogP contribution >= 0.6 is 0 Å². The van der Waals surface area contributed by atoms with Crippen molar-refractivity contribution in [1.82, 2.24) is 9.38 Å². The molecule has 0 N–H and O–H groups in total. The van der Waals surface area contributed by atoms with E-state index in [1.165, 1.54) is 0 Å². The zero-order chi connectivity index (χ0) is 13.9. The number of aromatic nitrogens is 2. The van der Waals surface area contributed by atoms with E-state index in [4.69, 9.17) is 0 Å². The Hall–Kier alpha value is -2.75. The number of Topliss-reactive ketones (excluding diaryl/α,β-unsaturated/α-hetero) is 2. The van der Waals surface area contributed by atoms with Crippen LogP contribution in [0.2, 0.25) is 0 Å². The average Bonchev–Trinajstić information content (AvgIpc) is 2.86. The first-order valence-corrected chi connectivity index (χ1v) is 6.35. The molecule has 1 aromatic carbocycles. The minimum Gasteiger partial charge on any atom is -0.293 e. The van der Waals surface area contributed by atoms with E-state index in [9.17, 15) is 9.59 Å². The fourth-order valence-corrected chi connectivity index (χ4v) is 2.77. The summed E-state index contributed by atoms with van der Waals surface area (Å²) >= 11 is 0. The normalized spacial score (nSPS) is 13.4. The number of carbonyl (C=O) groups excluding carboxylic acids is 2. The lowest BCUT2D eigenvalue weighted by Crippen LogP contribution is -2.22. The second-order valence-corrected chi connectivity index (χ2v) is 4.87. The third-order valence-corrected chi connectivity index (χ3v) is 3.69. The molecule has 4 nitrogen and oxygen atoms in total. The van der Waals surface area contributed by atoms with Gasteiger partial charge in [0.05, 0.1) is 0 Å². The van der Waals surface area contributed by atoms with E-state index in [0.29, 0.717) is 22.6 Å². The van der Waals surface area contributed by atoms with Gasteiger partial charge in [0, 0.05) is 16.8 Å². The lowest BCUT2D eigenvalue weighted by molar-refractivity contribution is 0.0811. The fraction of sp³-hybridized carbons (Fsp3) is 0.0625. The molecule has 0 bridgehead atoms. The average molecular weight is 262 g/mol. The van der Waals surface area contributed by atoms with Gasteiger partial charge < -0.3 is 0 Å². The molecule has 0 aliphatic heterocycles. The van der Waals surface area contributed by atoms with Crippen molar-refractivity contribution in [2.45, 2.75) is 6.92 Å². The molecule has 96 valence electrons. The Balaban J connectivity index is 2.22. The Bertz CT molecular complexity index is 906. The topological polar surface area (TPSA) is 51.4 Å². The van der Waals surface area contributed by atoms with E-state index in [1.54, 1.807) is 16.5 Å². The van der Waals surface area contributed by atoms with Gasteiger partial charge >= 0.3 is 0 Å². The summed E-state index contributed by atoms with van der Waals surface area (Å²) in [6, 6.07) is 12.7. The van der Waals surface area contributed by atoms with E-state index in [0.717, 1.165) is 11.3 Å². The van der Waals surface area contributed by atoms with Crippen LogP contribution in [0.1, 0.15) is 26.5 Å². The summed E-state index contributed by atoms with van der Waals surface area (Å²) in [7, 11) is 0. The highest BCUT2D eigenvalue weighted by molar-refractivity contribution is 6.52. The molecule has 1 aliphatic rings. The summed E-state index contributed by atoms with van der Waals surface area (Å²) in [4.78, 5) is 29.2. The van der Waals surface area contributed by atoms with Gasteiger partial charge in [0.1, 0.15) is 17.0 Å². The second kappa shape index (κ2) is 3.63. The summed E-state index contributed by atoms with van der Waals surface area (Å²) in [6.07, 6.45) is 0. The molecule has 0 spiro atoms. The Morgan fingerprint density at radius 1 is 0.900 bits per heavy atom. The van der Waals surface area contributed by atoms with Crippen LogP contribution in [0.4, 0.5) is 0 Å². The number of aryl methyl sites for hydroxylation is 1. The lowest BCUT2D eigenvalue weighted by Gasteiger charge is -2.13. The molecule has 1 aliphatic carbocycles. The van der Waals surface area contributed by atoms with Crippen LogP contribution in [0.5, 0.6) is 0 Å². The minimum absolute atomic E-state index is 0.377. The lowest BCUT2D eigenvalue weighted by atomic mass is 9.90. The number of imidazole rings is 1. The predicted octanol–water partition coefficient (Wildman–Crippen LogP) is 2.69. The van der Waals surface area contributed by atoms with Gasteiger partial charge in [0.15, 0.2) is 0 Å². The molecule has 2 aromatic heterocycles. The number of fused-ring (bicyclic) bond motifs is 5. The van der Waals surface area contributed by atoms with E-state index < -0.39 is 11.6 Å². The van der Waals surface area contributed by atoms with Crippen molar-refractivity contribution in [2.75, 3.05) is 0 Å². The van der Waals surface area contributed by atoms with Gasteiger partial charge in [-0.25, -0.2) is 4.98 Å². The number of nitrogens with zero attached hydrogens (tertiary/aromatic N) is 2. The number of rotatable bonds is 0. The van der Waals surface area contributed by atoms with Crippen LogP contribution < -0.4 is 0 Å². The van der Waals surface area contributed by atoms with Crippen LogP contribution in [0.3, 0.4) is 0 Å². The summed E-state index contributed by atoms with van der Waals surface area (Å²) in [5.41, 5.74) is 3.71. The number of hydrogen-bond acceptors (Lipinski definition) is 3. The Morgan fingerprint density at radius 3 is 2.45 bits per heavy atom. The molecule has 3 aromatic rings. The van der Waals surface area contributed by atoms with Gasteiger partial charge in [-0.15, -0.1) is 0 Å². The number of pyridine rings is 1. The standard InChI is InChI=1S/C16H10N2O2/c1-9-5-4-8-12-17-13-10-6-2-3-7-11(10)15(19)16(20)14(13)18(9)12/h2-8H,1H3. The predicted molar refractivity (Wildman–Crippen MR) is 74.0 cm³/mol. The van der Waals surface area contributed by atoms with Gasteiger partial charge in [0.2, 0.25) is 5.78 Å². The van der Waals surface area contributed by atoms with Crippen molar-refractivity contribution in [1.29, 1.82) is 0 Å². The van der Waals surface area contributed by atoms with E-state index >= 15 is 0 Å². The van der Waals surface area contributed by atoms with Crippen LogP contribution in [0, 0.1) is 6.92 Å². The molecule has 0 saturated heterocycles. The Morgan fingerprint density at radius 2 is 1.65 bits per heavy atom. The maximum absolute atomic E-state index is 12.4. The molecular weight excluding hydrogens is 252 g/mol. The van der Waals surface area contributed by atoms with Gasteiger partial charge in [-0.05, 0) is 19.1 Å². The first-order valence-electron chi connectivity index (χ1n) is 6.35. The first-order chi connectivity index (χ1) is 9.68. The summed E-state index contributed by atoms with van der Waals surface area (Å²) in [5, 5.41) is 0. The summed E-state index contributed by atoms with van der Waals surface area (Å²) in [6.45, 7) is 1.90. The van der Waals surface area contributed by atoms with Gasteiger partial charge in [0.25, 0.3) is 5.78 Å². The van der Waals surface area contributed by atoms with E-state index in [1.807, 2.05) is 37.3 Å². The Labute approximate surface area is 114 Å². The molecule has 2 heterocycles. The van der Waals surface area contributed by atoms with Gasteiger partial charge in [-0.1, -0.05) is 30.3 Å². The molecule has 4 rings (SSSR count). The maximum Gasteiger partial charge on any atom is 0.252 e. The van der Waals surface area contributed by atoms with Crippen molar-refractivity contribution in [3.63, 3.8) is 0 Å². The molecule has 4 heteroatoms. The summed E-state index contributed by atoms with van der Waals surface area (Å²) < 4.78 is 1.76. The largest absolute Gasteiger partial charge is 0.293 e. The van der Waals surface area contributed by atoms with Crippen LogP contribution in [0.15, 0.2) is 42.5 Å². The van der Waals surface area contributed by atoms with Crippen molar-refractivity contribution in [3.8, 4) is 11.3 Å². The monoisotopic (exact) mass is 262 g/mol. The number of hydrogen-bond donors (Lipinski definition) is 0. The van der Waals surface area contributed by atoms with Gasteiger partial charge in [-0.3, -0.25) is 14.0 Å². The highest BCUT2D eigenvalue weighted by atomic mass is 16.2. The number of carbonyl (C=O) groups is 2.